The van der Waals surface area contributed by atoms with Crippen LogP contribution in [0.2, 0.25) is 0 Å². The van der Waals surface area contributed by atoms with Crippen LogP contribution < -0.4 is 0 Å². The third-order valence-corrected chi connectivity index (χ3v) is 0.737. The first-order valence-electron chi connectivity index (χ1n) is 6.24. The van der Waals surface area contributed by atoms with Crippen molar-refractivity contribution in [3.63, 3.8) is 0 Å². The Balaban J connectivity index is -0.000000117. The third kappa shape index (κ3) is 128. The van der Waals surface area contributed by atoms with Crippen LogP contribution in [0.15, 0.2) is 48.6 Å². The van der Waals surface area contributed by atoms with E-state index in [2.05, 4.69) is 13.2 Å². The van der Waals surface area contributed by atoms with Crippen molar-refractivity contribution in [2.75, 3.05) is 0 Å². The van der Waals surface area contributed by atoms with Gasteiger partial charge in [-0.05, 0) is 27.7 Å². The molecule has 0 spiro atoms. The maximum Gasteiger partial charge on any atom is 0.328 e. The fourth-order valence-corrected chi connectivity index (χ4v) is 0.285. The van der Waals surface area contributed by atoms with Gasteiger partial charge in [0.2, 0.25) is 0 Å². The molecule has 136 valence electrons. The minimum Gasteiger partial charge on any atom is -0.478 e. The van der Waals surface area contributed by atoms with E-state index in [1.54, 1.807) is 0 Å². The Hall–Kier alpha value is -3.16. The summed E-state index contributed by atoms with van der Waals surface area (Å²) < 4.78 is 0. The molecule has 0 rings (SSSR count). The number of aliphatic carboxylic acids is 4. The lowest BCUT2D eigenvalue weighted by Crippen LogP contribution is -1.91. The summed E-state index contributed by atoms with van der Waals surface area (Å²) in [5.74, 6) is -5.03. The first-order valence-corrected chi connectivity index (χ1v) is 6.24. The van der Waals surface area contributed by atoms with Gasteiger partial charge in [0.1, 0.15) is 0 Å². The Morgan fingerprint density at radius 3 is 0.667 bits per heavy atom. The molecule has 8 nitrogen and oxygen atoms in total. The largest absolute Gasteiger partial charge is 0.478 e. The number of carboxylic acids is 4. The van der Waals surface area contributed by atoms with Gasteiger partial charge in [-0.15, -0.1) is 13.2 Å². The van der Waals surface area contributed by atoms with Crippen molar-refractivity contribution in [1.29, 1.82) is 0 Å². The number of hydrogen-bond donors (Lipinski definition) is 4. The highest BCUT2D eigenvalue weighted by atomic mass is 16.4. The molecule has 0 aliphatic rings. The average molecular weight is 344 g/mol. The van der Waals surface area contributed by atoms with Crippen molar-refractivity contribution in [1.82, 2.24) is 0 Å². The monoisotopic (exact) mass is 344 g/mol. The predicted molar refractivity (Wildman–Crippen MR) is 89.8 cm³/mol. The van der Waals surface area contributed by atoms with Gasteiger partial charge in [-0.2, -0.15) is 0 Å². The van der Waals surface area contributed by atoms with Gasteiger partial charge in [-0.3, -0.25) is 0 Å². The Morgan fingerprint density at radius 1 is 0.542 bits per heavy atom. The maximum absolute atomic E-state index is 9.55. The van der Waals surface area contributed by atoms with E-state index >= 15 is 0 Å². The molecule has 0 saturated carbocycles. The predicted octanol–water partition coefficient (Wildman–Crippen LogP) is 2.59. The Morgan fingerprint density at radius 2 is 0.625 bits per heavy atom. The molecule has 24 heavy (non-hydrogen) atoms. The molecular weight excluding hydrogens is 320 g/mol. The standard InChI is InChI=1S/2C4H4O4.2C4H8/c2*5-3(6)1-2-4(7)8;2*1-4(2)3/h2*1-2H,(H,5,6)(H,7,8);2*1H2,2-3H3/b2*2-1-;;. The van der Waals surface area contributed by atoms with E-state index < -0.39 is 23.9 Å². The topological polar surface area (TPSA) is 149 Å². The first-order chi connectivity index (χ1) is 10.7. The summed E-state index contributed by atoms with van der Waals surface area (Å²) in [6, 6.07) is 0. The van der Waals surface area contributed by atoms with Gasteiger partial charge in [-0.25, -0.2) is 19.2 Å². The second-order valence-electron chi connectivity index (χ2n) is 4.43. The van der Waals surface area contributed by atoms with Crippen LogP contribution in [0, 0.1) is 0 Å². The average Bonchev–Trinajstić information content (AvgIpc) is 2.33. The number of allylic oxidation sites excluding steroid dienone is 2. The lowest BCUT2D eigenvalue weighted by molar-refractivity contribution is -0.134. The lowest BCUT2D eigenvalue weighted by atomic mass is 10.4. The Bertz CT molecular complexity index is 412. The number of carbonyl (C=O) groups is 4. The van der Waals surface area contributed by atoms with Gasteiger partial charge in [0, 0.05) is 24.3 Å². The summed E-state index contributed by atoms with van der Waals surface area (Å²) in [6.45, 7) is 15.0. The molecule has 0 saturated heterocycles. The molecule has 0 heterocycles. The quantitative estimate of drug-likeness (QED) is 0.449. The van der Waals surface area contributed by atoms with Crippen LogP contribution >= 0.6 is 0 Å². The summed E-state index contributed by atoms with van der Waals surface area (Å²) >= 11 is 0. The highest BCUT2D eigenvalue weighted by Gasteiger charge is 1.88. The Kier molecular flexibility index (Phi) is 23.9. The molecule has 0 unspecified atom stereocenters. The normalized spacial score (nSPS) is 8.50. The van der Waals surface area contributed by atoms with Gasteiger partial charge in [0.15, 0.2) is 0 Å². The van der Waals surface area contributed by atoms with Crippen molar-refractivity contribution < 1.29 is 39.6 Å². The van der Waals surface area contributed by atoms with Crippen LogP contribution in [0.3, 0.4) is 0 Å². The van der Waals surface area contributed by atoms with Gasteiger partial charge < -0.3 is 20.4 Å². The SMILES string of the molecule is C=C(C)C.C=C(C)C.O=C(O)/C=C\C(=O)O.O=C(O)/C=C\C(=O)O. The van der Waals surface area contributed by atoms with Crippen LogP contribution in [0.5, 0.6) is 0 Å². The number of hydrogen-bond acceptors (Lipinski definition) is 4. The van der Waals surface area contributed by atoms with Gasteiger partial charge >= 0.3 is 23.9 Å². The molecule has 0 aromatic heterocycles. The molecule has 8 heteroatoms. The van der Waals surface area contributed by atoms with Crippen molar-refractivity contribution >= 4 is 23.9 Å². The molecule has 0 aromatic carbocycles. The van der Waals surface area contributed by atoms with E-state index in [9.17, 15) is 19.2 Å². The highest BCUT2D eigenvalue weighted by Crippen LogP contribution is 1.74. The van der Waals surface area contributed by atoms with Crippen LogP contribution in [-0.2, 0) is 19.2 Å². The van der Waals surface area contributed by atoms with E-state index in [1.807, 2.05) is 27.7 Å². The molecule has 4 N–H and O–H groups in total. The maximum atomic E-state index is 9.55. The minimum absolute atomic E-state index is 0.558. The van der Waals surface area contributed by atoms with Gasteiger partial charge in [0.25, 0.3) is 0 Å². The first kappa shape index (κ1) is 28.9. The molecule has 0 aromatic rings. The van der Waals surface area contributed by atoms with Crippen molar-refractivity contribution in [3.05, 3.63) is 48.6 Å². The van der Waals surface area contributed by atoms with E-state index in [0.29, 0.717) is 24.3 Å². The molecule has 0 amide bonds. The number of carboxylic acid groups (broad SMARTS) is 4. The summed E-state index contributed by atoms with van der Waals surface area (Å²) in [5, 5.41) is 31.2. The summed E-state index contributed by atoms with van der Waals surface area (Å²) in [5.41, 5.74) is 2.33. The minimum atomic E-state index is -1.26. The van der Waals surface area contributed by atoms with Crippen molar-refractivity contribution in [2.24, 2.45) is 0 Å². The van der Waals surface area contributed by atoms with Crippen LogP contribution in [0.25, 0.3) is 0 Å². The van der Waals surface area contributed by atoms with Crippen LogP contribution in [0.4, 0.5) is 0 Å². The van der Waals surface area contributed by atoms with E-state index in [1.165, 1.54) is 11.1 Å². The molecule has 0 aliphatic carbocycles. The summed E-state index contributed by atoms with van der Waals surface area (Å²) in [7, 11) is 0. The second-order valence-corrected chi connectivity index (χ2v) is 4.43. The summed E-state index contributed by atoms with van der Waals surface area (Å²) in [4.78, 5) is 38.2. The fourth-order valence-electron chi connectivity index (χ4n) is 0.285. The molecule has 0 bridgehead atoms. The molecular formula is C16H24O8. The molecule has 0 aliphatic heterocycles. The second kappa shape index (κ2) is 19.8. The molecule has 0 atom stereocenters. The third-order valence-electron chi connectivity index (χ3n) is 0.737. The Labute approximate surface area is 140 Å². The van der Waals surface area contributed by atoms with Gasteiger partial charge in [-0.1, -0.05) is 11.1 Å². The fraction of sp³-hybridized carbons (Fsp3) is 0.250. The zero-order valence-corrected chi connectivity index (χ0v) is 14.1. The number of rotatable bonds is 4. The van der Waals surface area contributed by atoms with E-state index in [-0.39, 0.29) is 0 Å². The van der Waals surface area contributed by atoms with Crippen LogP contribution in [-0.4, -0.2) is 44.3 Å². The zero-order chi connectivity index (χ0) is 20.3. The highest BCUT2D eigenvalue weighted by molar-refractivity contribution is 5.90. The van der Waals surface area contributed by atoms with Crippen LogP contribution in [0.1, 0.15) is 27.7 Å². The van der Waals surface area contributed by atoms with Crippen molar-refractivity contribution in [2.45, 2.75) is 27.7 Å². The summed E-state index contributed by atoms with van der Waals surface area (Å²) in [6.07, 6.45) is 2.23. The van der Waals surface area contributed by atoms with E-state index in [0.717, 1.165) is 0 Å². The molecule has 0 radical (unpaired) electrons. The lowest BCUT2D eigenvalue weighted by Gasteiger charge is -1.74. The smallest absolute Gasteiger partial charge is 0.328 e. The zero-order valence-electron chi connectivity index (χ0n) is 14.1. The van der Waals surface area contributed by atoms with Gasteiger partial charge in [0.05, 0.1) is 0 Å². The van der Waals surface area contributed by atoms with E-state index in [4.69, 9.17) is 20.4 Å². The molecule has 0 fully saturated rings. The van der Waals surface area contributed by atoms with Crippen molar-refractivity contribution in [3.8, 4) is 0 Å².